The third-order valence-corrected chi connectivity index (χ3v) is 6.43. The first kappa shape index (κ1) is 24.8. The van der Waals surface area contributed by atoms with Crippen LogP contribution in [0.3, 0.4) is 0 Å². The summed E-state index contributed by atoms with van der Waals surface area (Å²) in [4.78, 5) is 24.4. The fraction of sp³-hybridized carbons (Fsp3) is 0.200. The number of anilines is 2. The van der Waals surface area contributed by atoms with Gasteiger partial charge in [-0.3, -0.25) is 14.3 Å². The van der Waals surface area contributed by atoms with E-state index in [0.29, 0.717) is 17.1 Å². The summed E-state index contributed by atoms with van der Waals surface area (Å²) < 4.78 is 32.7. The van der Waals surface area contributed by atoms with Crippen molar-refractivity contribution in [1.82, 2.24) is 5.32 Å². The third kappa shape index (κ3) is 6.82. The van der Waals surface area contributed by atoms with E-state index in [0.717, 1.165) is 11.1 Å². The Morgan fingerprint density at radius 2 is 1.47 bits per heavy atom. The zero-order valence-electron chi connectivity index (χ0n) is 19.2. The molecule has 3 rings (SSSR count). The van der Waals surface area contributed by atoms with E-state index in [4.69, 9.17) is 4.74 Å². The van der Waals surface area contributed by atoms with E-state index in [-0.39, 0.29) is 23.1 Å². The van der Waals surface area contributed by atoms with Crippen LogP contribution in [0.25, 0.3) is 0 Å². The smallest absolute Gasteiger partial charge is 0.261 e. The van der Waals surface area contributed by atoms with Crippen LogP contribution < -0.4 is 20.1 Å². The van der Waals surface area contributed by atoms with Crippen LogP contribution in [-0.4, -0.2) is 27.3 Å². The second kappa shape index (κ2) is 10.8. The van der Waals surface area contributed by atoms with Crippen LogP contribution in [0.15, 0.2) is 77.7 Å². The maximum absolute atomic E-state index is 12.6. The number of carbonyl (C=O) groups excluding carboxylic acids is 2. The molecule has 0 radical (unpaired) electrons. The van der Waals surface area contributed by atoms with Crippen molar-refractivity contribution in [3.63, 3.8) is 0 Å². The minimum absolute atomic E-state index is 0.0215. The van der Waals surface area contributed by atoms with E-state index >= 15 is 0 Å². The Balaban J connectivity index is 1.64. The molecule has 0 aliphatic heterocycles. The van der Waals surface area contributed by atoms with Crippen LogP contribution in [-0.2, 0) is 19.6 Å². The number of carbonyl (C=O) groups is 2. The fourth-order valence-corrected chi connectivity index (χ4v) is 4.34. The molecule has 178 valence electrons. The van der Waals surface area contributed by atoms with Gasteiger partial charge in [-0.15, -0.1) is 0 Å². The van der Waals surface area contributed by atoms with Crippen LogP contribution in [0.2, 0.25) is 0 Å². The molecule has 34 heavy (non-hydrogen) atoms. The topological polar surface area (TPSA) is 114 Å². The van der Waals surface area contributed by atoms with Crippen molar-refractivity contribution in [1.29, 1.82) is 0 Å². The molecule has 1 unspecified atom stereocenters. The Labute approximate surface area is 199 Å². The van der Waals surface area contributed by atoms with Crippen molar-refractivity contribution < 1.29 is 22.7 Å². The first-order chi connectivity index (χ1) is 16.2. The second-order valence-electron chi connectivity index (χ2n) is 7.77. The Morgan fingerprint density at radius 1 is 0.882 bits per heavy atom. The summed E-state index contributed by atoms with van der Waals surface area (Å²) in [6.07, 6.45) is 0.0215. The van der Waals surface area contributed by atoms with Crippen molar-refractivity contribution in [3.05, 3.63) is 83.9 Å². The van der Waals surface area contributed by atoms with Gasteiger partial charge < -0.3 is 15.4 Å². The molecule has 3 N–H and O–H groups in total. The van der Waals surface area contributed by atoms with Gasteiger partial charge in [-0.05, 0) is 61.0 Å². The number of amides is 2. The Bertz CT molecular complexity index is 1240. The lowest BCUT2D eigenvalue weighted by Gasteiger charge is -2.18. The summed E-state index contributed by atoms with van der Waals surface area (Å²) in [5, 5.41) is 5.56. The molecule has 0 aliphatic carbocycles. The molecule has 0 aromatic heterocycles. The van der Waals surface area contributed by atoms with Crippen LogP contribution in [0.1, 0.15) is 30.5 Å². The molecule has 3 aromatic rings. The predicted molar refractivity (Wildman–Crippen MR) is 131 cm³/mol. The quantitative estimate of drug-likeness (QED) is 0.427. The molecule has 8 nitrogen and oxygen atoms in total. The first-order valence-electron chi connectivity index (χ1n) is 10.6. The maximum Gasteiger partial charge on any atom is 0.261 e. The van der Waals surface area contributed by atoms with Gasteiger partial charge in [0.2, 0.25) is 11.8 Å². The molecule has 9 heteroatoms. The summed E-state index contributed by atoms with van der Waals surface area (Å²) in [6.45, 7) is 3.27. The maximum atomic E-state index is 12.6. The van der Waals surface area contributed by atoms with Gasteiger partial charge in [0, 0.05) is 18.3 Å². The van der Waals surface area contributed by atoms with E-state index in [9.17, 15) is 18.0 Å². The van der Waals surface area contributed by atoms with Gasteiger partial charge in [-0.25, -0.2) is 8.42 Å². The van der Waals surface area contributed by atoms with Gasteiger partial charge in [-0.2, -0.15) is 0 Å². The molecule has 0 aliphatic rings. The molecule has 0 saturated carbocycles. The highest BCUT2D eigenvalue weighted by Crippen LogP contribution is 2.22. The number of nitrogens with one attached hydrogen (secondary N) is 3. The number of methoxy groups -OCH3 is 1. The Morgan fingerprint density at radius 3 is 2.03 bits per heavy atom. The van der Waals surface area contributed by atoms with E-state index < -0.39 is 16.1 Å². The van der Waals surface area contributed by atoms with Crippen LogP contribution in [0.4, 0.5) is 11.4 Å². The highest BCUT2D eigenvalue weighted by atomic mass is 32.2. The predicted octanol–water partition coefficient (Wildman–Crippen LogP) is 4.01. The minimum atomic E-state index is -3.72. The van der Waals surface area contributed by atoms with Gasteiger partial charge >= 0.3 is 0 Å². The lowest BCUT2D eigenvalue weighted by Crippen LogP contribution is -2.29. The van der Waals surface area contributed by atoms with Crippen molar-refractivity contribution in [2.75, 3.05) is 17.1 Å². The number of sulfonamides is 1. The third-order valence-electron chi connectivity index (χ3n) is 5.04. The number of hydrogen-bond donors (Lipinski definition) is 3. The average Bonchev–Trinajstić information content (AvgIpc) is 2.80. The van der Waals surface area contributed by atoms with Crippen LogP contribution in [0, 0.1) is 6.92 Å². The molecule has 0 spiro atoms. The summed E-state index contributed by atoms with van der Waals surface area (Å²) >= 11 is 0. The van der Waals surface area contributed by atoms with Crippen LogP contribution >= 0.6 is 0 Å². The standard InChI is InChI=1S/C25H27N3O5S/c1-17-4-14-23(15-5-17)34(31,32)28-21-10-8-20(9-11-21)27-25(30)16-24(26-18(2)29)19-6-12-22(33-3)13-7-19/h4-15,24,28H,16H2,1-3H3,(H,26,29)(H,27,30). The molecule has 2 amide bonds. The van der Waals surface area contributed by atoms with E-state index in [1.807, 2.05) is 6.92 Å². The highest BCUT2D eigenvalue weighted by Gasteiger charge is 2.18. The molecule has 0 fully saturated rings. The highest BCUT2D eigenvalue weighted by molar-refractivity contribution is 7.92. The summed E-state index contributed by atoms with van der Waals surface area (Å²) in [5.41, 5.74) is 2.60. The van der Waals surface area contributed by atoms with Gasteiger partial charge in [0.05, 0.1) is 24.5 Å². The van der Waals surface area contributed by atoms with E-state index in [1.165, 1.54) is 6.92 Å². The van der Waals surface area contributed by atoms with Crippen molar-refractivity contribution in [2.24, 2.45) is 0 Å². The number of hydrogen-bond acceptors (Lipinski definition) is 5. The van der Waals surface area contributed by atoms with Gasteiger partial charge in [-0.1, -0.05) is 29.8 Å². The molecule has 1 atom stereocenters. The van der Waals surface area contributed by atoms with Gasteiger partial charge in [0.25, 0.3) is 10.0 Å². The molecule has 0 saturated heterocycles. The van der Waals surface area contributed by atoms with E-state index in [1.54, 1.807) is 79.9 Å². The molecular weight excluding hydrogens is 454 g/mol. The first-order valence-corrected chi connectivity index (χ1v) is 12.0. The van der Waals surface area contributed by atoms with Crippen molar-refractivity contribution in [2.45, 2.75) is 31.2 Å². The zero-order chi connectivity index (χ0) is 24.7. The number of ether oxygens (including phenoxy) is 1. The lowest BCUT2D eigenvalue weighted by molar-refractivity contribution is -0.120. The number of rotatable bonds is 9. The van der Waals surface area contributed by atoms with Gasteiger partial charge in [0.1, 0.15) is 5.75 Å². The van der Waals surface area contributed by atoms with Crippen molar-refractivity contribution >= 4 is 33.2 Å². The largest absolute Gasteiger partial charge is 0.497 e. The summed E-state index contributed by atoms with van der Waals surface area (Å²) in [6, 6.07) is 19.5. The van der Waals surface area contributed by atoms with Crippen LogP contribution in [0.5, 0.6) is 5.75 Å². The monoisotopic (exact) mass is 481 g/mol. The summed E-state index contributed by atoms with van der Waals surface area (Å²) in [5.74, 6) is 0.120. The number of aryl methyl sites for hydroxylation is 1. The van der Waals surface area contributed by atoms with Crippen molar-refractivity contribution in [3.8, 4) is 5.75 Å². The molecule has 3 aromatic carbocycles. The average molecular weight is 482 g/mol. The molecular formula is C25H27N3O5S. The lowest BCUT2D eigenvalue weighted by atomic mass is 10.0. The van der Waals surface area contributed by atoms with Gasteiger partial charge in [0.15, 0.2) is 0 Å². The Hall–Kier alpha value is -3.85. The Kier molecular flexibility index (Phi) is 7.91. The summed E-state index contributed by atoms with van der Waals surface area (Å²) in [7, 11) is -2.15. The fourth-order valence-electron chi connectivity index (χ4n) is 3.28. The molecule has 0 bridgehead atoms. The SMILES string of the molecule is COc1ccc(C(CC(=O)Nc2ccc(NS(=O)(=O)c3ccc(C)cc3)cc2)NC(C)=O)cc1. The van der Waals surface area contributed by atoms with E-state index in [2.05, 4.69) is 15.4 Å². The normalized spacial score (nSPS) is 11.9. The zero-order valence-corrected chi connectivity index (χ0v) is 20.0. The second-order valence-corrected chi connectivity index (χ2v) is 9.46. The number of benzene rings is 3. The molecule has 0 heterocycles. The minimum Gasteiger partial charge on any atom is -0.497 e.